The zero-order chi connectivity index (χ0) is 19.1. The first kappa shape index (κ1) is 19.8. The average molecular weight is 363 g/mol. The van der Waals surface area contributed by atoms with Crippen molar-refractivity contribution in [3.05, 3.63) is 23.8 Å². The molecule has 0 bridgehead atoms. The molecule has 0 aromatic heterocycles. The van der Waals surface area contributed by atoms with Crippen LogP contribution < -0.4 is 14.8 Å². The Balaban J connectivity index is 1.84. The number of hydrogen-bond acceptors (Lipinski definition) is 6. The second-order valence-electron chi connectivity index (χ2n) is 6.33. The van der Waals surface area contributed by atoms with E-state index in [1.54, 1.807) is 18.2 Å². The Morgan fingerprint density at radius 3 is 2.50 bits per heavy atom. The van der Waals surface area contributed by atoms with E-state index in [1.165, 1.54) is 21.0 Å². The molecule has 0 heterocycles. The topological polar surface area (TPSA) is 90.9 Å². The molecule has 0 radical (unpaired) electrons. The minimum atomic E-state index is -0.881. The number of nitrogens with one attached hydrogen (secondary N) is 1. The van der Waals surface area contributed by atoms with E-state index in [0.717, 1.165) is 25.7 Å². The molecule has 7 heteroatoms. The summed E-state index contributed by atoms with van der Waals surface area (Å²) in [4.78, 5) is 35.3. The molecule has 0 aliphatic heterocycles. The summed E-state index contributed by atoms with van der Waals surface area (Å²) in [6.45, 7) is 2.62. The van der Waals surface area contributed by atoms with Crippen LogP contribution in [0.25, 0.3) is 0 Å². The van der Waals surface area contributed by atoms with E-state index in [-0.39, 0.29) is 24.3 Å². The molecule has 7 nitrogen and oxygen atoms in total. The molecule has 1 saturated carbocycles. The first-order valence-corrected chi connectivity index (χ1v) is 8.72. The molecule has 26 heavy (non-hydrogen) atoms. The summed E-state index contributed by atoms with van der Waals surface area (Å²) in [7, 11) is 1.44. The van der Waals surface area contributed by atoms with E-state index < -0.39 is 12.1 Å². The molecular formula is C19H25NO6. The molecule has 1 N–H and O–H groups in total. The van der Waals surface area contributed by atoms with Gasteiger partial charge in [-0.3, -0.25) is 9.59 Å². The normalized spacial score (nSPS) is 15.2. The van der Waals surface area contributed by atoms with Gasteiger partial charge in [0.15, 0.2) is 30.0 Å². The number of esters is 1. The van der Waals surface area contributed by atoms with Crippen LogP contribution in [0.4, 0.5) is 0 Å². The predicted octanol–water partition coefficient (Wildman–Crippen LogP) is 2.27. The number of carbonyl (C=O) groups excluding carboxylic acids is 3. The monoisotopic (exact) mass is 363 g/mol. The minimum Gasteiger partial charge on any atom is -0.493 e. The van der Waals surface area contributed by atoms with Crippen molar-refractivity contribution in [1.29, 1.82) is 0 Å². The summed E-state index contributed by atoms with van der Waals surface area (Å²) in [6.07, 6.45) is 3.26. The molecule has 1 amide bonds. The molecule has 142 valence electrons. The van der Waals surface area contributed by atoms with Crippen LogP contribution in [0.15, 0.2) is 18.2 Å². The number of ketones is 1. The van der Waals surface area contributed by atoms with Crippen LogP contribution in [0.3, 0.4) is 0 Å². The highest BCUT2D eigenvalue weighted by molar-refractivity contribution is 5.94. The van der Waals surface area contributed by atoms with Crippen LogP contribution in [0.2, 0.25) is 0 Å². The number of Topliss-reactive ketones (excluding diaryl/α,β-unsaturated/α-hetero) is 1. The van der Waals surface area contributed by atoms with E-state index in [1.807, 2.05) is 0 Å². The van der Waals surface area contributed by atoms with Crippen LogP contribution in [0.5, 0.6) is 11.5 Å². The fraction of sp³-hybridized carbons (Fsp3) is 0.526. The number of hydrogen-bond donors (Lipinski definition) is 1. The number of rotatable bonds is 8. The highest BCUT2D eigenvalue weighted by Crippen LogP contribution is 2.28. The molecule has 2 rings (SSSR count). The average Bonchev–Trinajstić information content (AvgIpc) is 3.12. The molecule has 1 fully saturated rings. The zero-order valence-corrected chi connectivity index (χ0v) is 15.4. The Hall–Kier alpha value is -2.57. The lowest BCUT2D eigenvalue weighted by Gasteiger charge is -2.17. The number of amides is 1. The van der Waals surface area contributed by atoms with Crippen LogP contribution in [-0.2, 0) is 14.3 Å². The van der Waals surface area contributed by atoms with Crippen molar-refractivity contribution >= 4 is 17.7 Å². The zero-order valence-electron chi connectivity index (χ0n) is 15.4. The Labute approximate surface area is 153 Å². The lowest BCUT2D eigenvalue weighted by molar-refractivity contribution is -0.156. The maximum atomic E-state index is 12.0. The first-order chi connectivity index (χ1) is 12.4. The number of methoxy groups -OCH3 is 1. The van der Waals surface area contributed by atoms with Crippen LogP contribution in [0, 0.1) is 0 Å². The lowest BCUT2D eigenvalue weighted by Crippen LogP contribution is -2.41. The van der Waals surface area contributed by atoms with Crippen molar-refractivity contribution in [3.8, 4) is 11.5 Å². The van der Waals surface area contributed by atoms with Crippen molar-refractivity contribution in [3.63, 3.8) is 0 Å². The Morgan fingerprint density at radius 2 is 1.88 bits per heavy atom. The molecule has 1 aromatic rings. The molecule has 1 aromatic carbocycles. The summed E-state index contributed by atoms with van der Waals surface area (Å²) in [5.41, 5.74) is 0.481. The molecule has 0 unspecified atom stereocenters. The van der Waals surface area contributed by atoms with Gasteiger partial charge < -0.3 is 19.5 Å². The van der Waals surface area contributed by atoms with Gasteiger partial charge in [-0.1, -0.05) is 12.8 Å². The summed E-state index contributed by atoms with van der Waals surface area (Å²) >= 11 is 0. The number of benzene rings is 1. The van der Waals surface area contributed by atoms with E-state index in [0.29, 0.717) is 17.1 Å². The third-order valence-corrected chi connectivity index (χ3v) is 4.29. The fourth-order valence-corrected chi connectivity index (χ4v) is 2.82. The molecule has 0 spiro atoms. The van der Waals surface area contributed by atoms with Gasteiger partial charge in [-0.15, -0.1) is 0 Å². The van der Waals surface area contributed by atoms with Gasteiger partial charge in [0.25, 0.3) is 5.91 Å². The summed E-state index contributed by atoms with van der Waals surface area (Å²) < 4.78 is 15.7. The van der Waals surface area contributed by atoms with Crippen LogP contribution >= 0.6 is 0 Å². The van der Waals surface area contributed by atoms with Gasteiger partial charge >= 0.3 is 5.97 Å². The van der Waals surface area contributed by atoms with Crippen molar-refractivity contribution in [2.75, 3.05) is 13.7 Å². The van der Waals surface area contributed by atoms with Crippen molar-refractivity contribution in [2.45, 2.75) is 51.7 Å². The van der Waals surface area contributed by atoms with Gasteiger partial charge in [0.2, 0.25) is 0 Å². The highest BCUT2D eigenvalue weighted by atomic mass is 16.6. The van der Waals surface area contributed by atoms with E-state index in [2.05, 4.69) is 5.32 Å². The van der Waals surface area contributed by atoms with E-state index in [9.17, 15) is 14.4 Å². The molecule has 1 aliphatic carbocycles. The fourth-order valence-electron chi connectivity index (χ4n) is 2.82. The molecule has 1 atom stereocenters. The lowest BCUT2D eigenvalue weighted by atomic mass is 10.1. The summed E-state index contributed by atoms with van der Waals surface area (Å²) in [5, 5.41) is 2.88. The summed E-state index contributed by atoms with van der Waals surface area (Å²) in [5.74, 6) is -0.392. The maximum Gasteiger partial charge on any atom is 0.344 e. The van der Waals surface area contributed by atoms with E-state index in [4.69, 9.17) is 14.2 Å². The van der Waals surface area contributed by atoms with Gasteiger partial charge in [0, 0.05) is 11.6 Å². The van der Waals surface area contributed by atoms with Crippen molar-refractivity contribution < 1.29 is 28.6 Å². The summed E-state index contributed by atoms with van der Waals surface area (Å²) in [6, 6.07) is 4.85. The van der Waals surface area contributed by atoms with Gasteiger partial charge in [0.05, 0.1) is 7.11 Å². The minimum absolute atomic E-state index is 0.101. The molecular weight excluding hydrogens is 338 g/mol. The second kappa shape index (κ2) is 9.22. The van der Waals surface area contributed by atoms with Gasteiger partial charge in [-0.25, -0.2) is 4.79 Å². The third kappa shape index (κ3) is 5.47. The van der Waals surface area contributed by atoms with Gasteiger partial charge in [-0.2, -0.15) is 0 Å². The standard InChI is InChI=1S/C19H25NO6/c1-12(21)14-8-9-16(17(10-14)24-3)25-11-18(22)26-13(2)19(23)20-15-6-4-5-7-15/h8-10,13,15H,4-7,11H2,1-3H3,(H,20,23)/t13-/m0/s1. The Bertz CT molecular complexity index is 666. The number of ether oxygens (including phenoxy) is 3. The second-order valence-corrected chi connectivity index (χ2v) is 6.33. The predicted molar refractivity (Wildman–Crippen MR) is 94.4 cm³/mol. The first-order valence-electron chi connectivity index (χ1n) is 8.72. The SMILES string of the molecule is COc1cc(C(C)=O)ccc1OCC(=O)O[C@@H](C)C(=O)NC1CCCC1. The Morgan fingerprint density at radius 1 is 1.19 bits per heavy atom. The Kier molecular flexibility index (Phi) is 7.00. The highest BCUT2D eigenvalue weighted by Gasteiger charge is 2.23. The van der Waals surface area contributed by atoms with Crippen LogP contribution in [-0.4, -0.2) is 43.5 Å². The quantitative estimate of drug-likeness (QED) is 0.563. The maximum absolute atomic E-state index is 12.0. The van der Waals surface area contributed by atoms with Gasteiger partial charge in [0.1, 0.15) is 0 Å². The van der Waals surface area contributed by atoms with Crippen molar-refractivity contribution in [2.24, 2.45) is 0 Å². The van der Waals surface area contributed by atoms with Gasteiger partial charge in [-0.05, 0) is 44.9 Å². The smallest absolute Gasteiger partial charge is 0.344 e. The largest absolute Gasteiger partial charge is 0.493 e. The molecule has 0 saturated heterocycles. The van der Waals surface area contributed by atoms with E-state index >= 15 is 0 Å². The number of carbonyl (C=O) groups is 3. The van der Waals surface area contributed by atoms with Crippen LogP contribution in [0.1, 0.15) is 49.9 Å². The van der Waals surface area contributed by atoms with Crippen molar-refractivity contribution in [1.82, 2.24) is 5.32 Å². The third-order valence-electron chi connectivity index (χ3n) is 4.29. The molecule has 1 aliphatic rings.